The van der Waals surface area contributed by atoms with Crippen molar-refractivity contribution in [3.63, 3.8) is 0 Å². The van der Waals surface area contributed by atoms with Gasteiger partial charge in [-0.1, -0.05) is 29.8 Å². The second-order valence-corrected chi connectivity index (χ2v) is 5.15. The van der Waals surface area contributed by atoms with Crippen molar-refractivity contribution in [1.82, 2.24) is 9.97 Å². The number of aromatic nitrogens is 2. The molecule has 0 unspecified atom stereocenters. The molecule has 20 heavy (non-hydrogen) atoms. The van der Waals surface area contributed by atoms with Crippen molar-refractivity contribution < 1.29 is 0 Å². The number of halogens is 2. The van der Waals surface area contributed by atoms with Gasteiger partial charge < -0.3 is 4.90 Å². The van der Waals surface area contributed by atoms with E-state index in [9.17, 15) is 0 Å². The fourth-order valence-corrected chi connectivity index (χ4v) is 2.43. The molecule has 0 spiro atoms. The standard InChI is InChI=1S/C15H11Cl2N3/c1-20(11-5-3-2-4-6-11)14-12-9-10(16)7-8-13(12)18-15(17)19-14/h2-9H,1H3. The summed E-state index contributed by atoms with van der Waals surface area (Å²) < 4.78 is 0. The van der Waals surface area contributed by atoms with Gasteiger partial charge in [-0.3, -0.25) is 0 Å². The Balaban J connectivity index is 2.22. The minimum atomic E-state index is 0.220. The Morgan fingerprint density at radius 2 is 1.70 bits per heavy atom. The first-order valence-electron chi connectivity index (χ1n) is 6.07. The van der Waals surface area contributed by atoms with E-state index in [1.807, 2.05) is 54.4 Å². The molecule has 0 N–H and O–H groups in total. The number of fused-ring (bicyclic) bond motifs is 1. The van der Waals surface area contributed by atoms with Crippen LogP contribution in [0.1, 0.15) is 0 Å². The Morgan fingerprint density at radius 3 is 2.45 bits per heavy atom. The fraction of sp³-hybridized carbons (Fsp3) is 0.0667. The number of anilines is 2. The molecule has 3 nitrogen and oxygen atoms in total. The summed E-state index contributed by atoms with van der Waals surface area (Å²) >= 11 is 12.1. The van der Waals surface area contributed by atoms with Gasteiger partial charge in [0.05, 0.1) is 5.52 Å². The van der Waals surface area contributed by atoms with Gasteiger partial charge in [-0.05, 0) is 41.9 Å². The molecule has 0 amide bonds. The predicted octanol–water partition coefficient (Wildman–Crippen LogP) is 4.70. The van der Waals surface area contributed by atoms with E-state index in [1.165, 1.54) is 0 Å². The SMILES string of the molecule is CN(c1ccccc1)c1nc(Cl)nc2ccc(Cl)cc12. The van der Waals surface area contributed by atoms with Crippen LogP contribution >= 0.6 is 23.2 Å². The summed E-state index contributed by atoms with van der Waals surface area (Å²) in [5, 5.41) is 1.73. The number of rotatable bonds is 2. The Kier molecular flexibility index (Phi) is 3.47. The van der Waals surface area contributed by atoms with Crippen LogP contribution in [-0.4, -0.2) is 17.0 Å². The molecule has 1 aromatic heterocycles. The van der Waals surface area contributed by atoms with Crippen molar-refractivity contribution in [1.29, 1.82) is 0 Å². The van der Waals surface area contributed by atoms with Crippen LogP contribution in [0, 0.1) is 0 Å². The highest BCUT2D eigenvalue weighted by Crippen LogP contribution is 2.31. The fourth-order valence-electron chi connectivity index (χ4n) is 2.09. The Hall–Kier alpha value is -1.84. The summed E-state index contributed by atoms with van der Waals surface area (Å²) in [6.07, 6.45) is 0. The molecule has 5 heteroatoms. The molecule has 3 rings (SSSR count). The smallest absolute Gasteiger partial charge is 0.224 e. The Morgan fingerprint density at radius 1 is 0.950 bits per heavy atom. The second-order valence-electron chi connectivity index (χ2n) is 4.37. The Bertz CT molecular complexity index is 760. The summed E-state index contributed by atoms with van der Waals surface area (Å²) in [4.78, 5) is 10.5. The summed E-state index contributed by atoms with van der Waals surface area (Å²) in [6.45, 7) is 0. The van der Waals surface area contributed by atoms with E-state index in [0.29, 0.717) is 5.02 Å². The van der Waals surface area contributed by atoms with Crippen molar-refractivity contribution in [3.05, 3.63) is 58.8 Å². The quantitative estimate of drug-likeness (QED) is 0.642. The molecule has 0 aliphatic carbocycles. The first kappa shape index (κ1) is 13.2. The third kappa shape index (κ3) is 2.42. The van der Waals surface area contributed by atoms with Crippen LogP contribution in [0.25, 0.3) is 10.9 Å². The molecule has 3 aromatic rings. The maximum absolute atomic E-state index is 6.07. The summed E-state index contributed by atoms with van der Waals surface area (Å²) in [7, 11) is 1.94. The van der Waals surface area contributed by atoms with E-state index in [4.69, 9.17) is 23.2 Å². The highest BCUT2D eigenvalue weighted by atomic mass is 35.5. The maximum atomic E-state index is 6.07. The van der Waals surface area contributed by atoms with Crippen LogP contribution in [0.15, 0.2) is 48.5 Å². The number of para-hydroxylation sites is 1. The molecule has 0 fully saturated rings. The Labute approximate surface area is 126 Å². The number of hydrogen-bond donors (Lipinski definition) is 0. The lowest BCUT2D eigenvalue weighted by Gasteiger charge is -2.20. The zero-order chi connectivity index (χ0) is 14.1. The molecule has 0 saturated carbocycles. The zero-order valence-corrected chi connectivity index (χ0v) is 12.2. The normalized spacial score (nSPS) is 10.8. The van der Waals surface area contributed by atoms with Crippen molar-refractivity contribution in [2.75, 3.05) is 11.9 Å². The molecule has 100 valence electrons. The lowest BCUT2D eigenvalue weighted by Crippen LogP contribution is -2.12. The molecule has 2 aromatic carbocycles. The van der Waals surface area contributed by atoms with E-state index in [-0.39, 0.29) is 5.28 Å². The lowest BCUT2D eigenvalue weighted by atomic mass is 10.2. The average molecular weight is 304 g/mol. The highest BCUT2D eigenvalue weighted by Gasteiger charge is 2.12. The van der Waals surface area contributed by atoms with Crippen LogP contribution in [0.2, 0.25) is 10.3 Å². The topological polar surface area (TPSA) is 29.0 Å². The predicted molar refractivity (Wildman–Crippen MR) is 84.1 cm³/mol. The summed E-state index contributed by atoms with van der Waals surface area (Å²) in [5.74, 6) is 0.730. The third-order valence-corrected chi connectivity index (χ3v) is 3.48. The van der Waals surface area contributed by atoms with Gasteiger partial charge in [-0.2, -0.15) is 4.98 Å². The van der Waals surface area contributed by atoms with Crippen LogP contribution in [0.4, 0.5) is 11.5 Å². The van der Waals surface area contributed by atoms with Gasteiger partial charge in [-0.15, -0.1) is 0 Å². The maximum Gasteiger partial charge on any atom is 0.224 e. The van der Waals surface area contributed by atoms with Crippen molar-refractivity contribution in [2.45, 2.75) is 0 Å². The molecule has 0 radical (unpaired) electrons. The molecule has 0 aliphatic rings. The van der Waals surface area contributed by atoms with E-state index >= 15 is 0 Å². The monoisotopic (exact) mass is 303 g/mol. The minimum Gasteiger partial charge on any atom is -0.329 e. The molecule has 0 saturated heterocycles. The highest BCUT2D eigenvalue weighted by molar-refractivity contribution is 6.31. The van der Waals surface area contributed by atoms with E-state index in [1.54, 1.807) is 6.07 Å². The third-order valence-electron chi connectivity index (χ3n) is 3.07. The molecular formula is C15H11Cl2N3. The van der Waals surface area contributed by atoms with Crippen molar-refractivity contribution >= 4 is 45.6 Å². The lowest BCUT2D eigenvalue weighted by molar-refractivity contribution is 1.11. The van der Waals surface area contributed by atoms with Crippen LogP contribution in [0.3, 0.4) is 0 Å². The van der Waals surface area contributed by atoms with E-state index in [0.717, 1.165) is 22.4 Å². The summed E-state index contributed by atoms with van der Waals surface area (Å²) in [5.41, 5.74) is 1.79. The van der Waals surface area contributed by atoms with Gasteiger partial charge in [0.25, 0.3) is 0 Å². The zero-order valence-electron chi connectivity index (χ0n) is 10.7. The average Bonchev–Trinajstić information content (AvgIpc) is 2.47. The number of benzene rings is 2. The van der Waals surface area contributed by atoms with Crippen LogP contribution < -0.4 is 4.90 Å². The van der Waals surface area contributed by atoms with Crippen molar-refractivity contribution in [2.24, 2.45) is 0 Å². The van der Waals surface area contributed by atoms with Crippen LogP contribution in [0.5, 0.6) is 0 Å². The number of nitrogens with zero attached hydrogens (tertiary/aromatic N) is 3. The minimum absolute atomic E-state index is 0.220. The van der Waals surface area contributed by atoms with Gasteiger partial charge >= 0.3 is 0 Å². The van der Waals surface area contributed by atoms with Gasteiger partial charge in [-0.25, -0.2) is 4.98 Å². The van der Waals surface area contributed by atoms with E-state index < -0.39 is 0 Å². The molecule has 0 atom stereocenters. The molecule has 1 heterocycles. The van der Waals surface area contributed by atoms with Crippen molar-refractivity contribution in [3.8, 4) is 0 Å². The van der Waals surface area contributed by atoms with Gasteiger partial charge in [0.15, 0.2) is 0 Å². The first-order valence-corrected chi connectivity index (χ1v) is 6.82. The number of hydrogen-bond acceptors (Lipinski definition) is 3. The van der Waals surface area contributed by atoms with E-state index in [2.05, 4.69) is 9.97 Å². The summed E-state index contributed by atoms with van der Waals surface area (Å²) in [6, 6.07) is 15.4. The molecule has 0 bridgehead atoms. The first-order chi connectivity index (χ1) is 9.65. The van der Waals surface area contributed by atoms with Gasteiger partial charge in [0.1, 0.15) is 5.82 Å². The molecular weight excluding hydrogens is 293 g/mol. The largest absolute Gasteiger partial charge is 0.329 e. The van der Waals surface area contributed by atoms with Crippen LogP contribution in [-0.2, 0) is 0 Å². The molecule has 0 aliphatic heterocycles. The van der Waals surface area contributed by atoms with Gasteiger partial charge in [0.2, 0.25) is 5.28 Å². The van der Waals surface area contributed by atoms with Gasteiger partial charge in [0, 0.05) is 23.1 Å². The second kappa shape index (κ2) is 5.27.